The Morgan fingerprint density at radius 2 is 1.75 bits per heavy atom. The van der Waals surface area contributed by atoms with Gasteiger partial charge in [0.25, 0.3) is 0 Å². The Balaban J connectivity index is 3.07. The maximum Gasteiger partial charge on any atom is 0.410 e. The monoisotopic (exact) mass is 344 g/mol. The molecule has 24 heavy (non-hydrogen) atoms. The number of aliphatic carboxylic acids is 1. The fourth-order valence-electron chi connectivity index (χ4n) is 2.47. The summed E-state index contributed by atoms with van der Waals surface area (Å²) in [6.45, 7) is 10.5. The van der Waals surface area contributed by atoms with Crippen LogP contribution >= 0.6 is 0 Å². The Kier molecular flexibility index (Phi) is 5.86. The van der Waals surface area contributed by atoms with E-state index in [1.165, 1.54) is 4.90 Å². The molecule has 1 aliphatic rings. The van der Waals surface area contributed by atoms with E-state index in [0.29, 0.717) is 19.4 Å². The van der Waals surface area contributed by atoms with Crippen molar-refractivity contribution in [1.29, 1.82) is 0 Å². The average Bonchev–Trinajstić information content (AvgIpc) is 2.41. The van der Waals surface area contributed by atoms with Gasteiger partial charge in [-0.25, -0.2) is 14.7 Å². The second kappa shape index (κ2) is 6.96. The van der Waals surface area contributed by atoms with Crippen molar-refractivity contribution in [2.75, 3.05) is 13.1 Å². The van der Waals surface area contributed by atoms with E-state index in [9.17, 15) is 19.5 Å². The van der Waals surface area contributed by atoms with Crippen molar-refractivity contribution in [2.24, 2.45) is 0 Å². The average molecular weight is 344 g/mol. The van der Waals surface area contributed by atoms with Crippen molar-refractivity contribution < 1.29 is 29.1 Å². The second-order valence-electron chi connectivity index (χ2n) is 7.98. The molecule has 1 unspecified atom stereocenters. The summed E-state index contributed by atoms with van der Waals surface area (Å²) in [5.41, 5.74) is -3.07. The third-order valence-corrected chi connectivity index (χ3v) is 3.41. The molecule has 0 aromatic rings. The zero-order valence-corrected chi connectivity index (χ0v) is 15.3. The Hall–Kier alpha value is -1.83. The fraction of sp³-hybridized carbons (Fsp3) is 0.812. The highest BCUT2D eigenvalue weighted by atomic mass is 16.7. The van der Waals surface area contributed by atoms with Gasteiger partial charge in [-0.1, -0.05) is 0 Å². The lowest BCUT2D eigenvalue weighted by molar-refractivity contribution is -0.262. The van der Waals surface area contributed by atoms with Crippen LogP contribution in [0, 0.1) is 0 Å². The topological polar surface area (TPSA) is 96.4 Å². The van der Waals surface area contributed by atoms with Crippen LogP contribution in [0.2, 0.25) is 0 Å². The van der Waals surface area contributed by atoms with Gasteiger partial charge in [0.05, 0.1) is 12.1 Å². The number of rotatable bonds is 4. The van der Waals surface area contributed by atoms with E-state index >= 15 is 0 Å². The fourth-order valence-corrected chi connectivity index (χ4v) is 2.47. The van der Waals surface area contributed by atoms with Crippen LogP contribution in [0.4, 0.5) is 4.79 Å². The van der Waals surface area contributed by atoms with Gasteiger partial charge >= 0.3 is 12.1 Å². The van der Waals surface area contributed by atoms with E-state index in [1.807, 2.05) is 0 Å². The lowest BCUT2D eigenvalue weighted by Crippen LogP contribution is -2.64. The third kappa shape index (κ3) is 5.09. The molecule has 0 saturated carbocycles. The lowest BCUT2D eigenvalue weighted by atomic mass is 9.89. The highest BCUT2D eigenvalue weighted by molar-refractivity contribution is 5.83. The molecule has 0 radical (unpaired) electrons. The Morgan fingerprint density at radius 3 is 2.17 bits per heavy atom. The maximum atomic E-state index is 12.3. The first-order valence-corrected chi connectivity index (χ1v) is 7.96. The molecule has 1 rings (SSSR count). The number of piperidine rings is 1. The summed E-state index contributed by atoms with van der Waals surface area (Å²) >= 11 is 0. The Morgan fingerprint density at radius 1 is 1.17 bits per heavy atom. The van der Waals surface area contributed by atoms with Crippen LogP contribution in [0.5, 0.6) is 0 Å². The van der Waals surface area contributed by atoms with Crippen LogP contribution < -0.4 is 0 Å². The molecule has 0 aliphatic carbocycles. The minimum atomic E-state index is -1.63. The number of likely N-dealkylation sites (tertiary alicyclic amines) is 1. The highest BCUT2D eigenvalue weighted by Crippen LogP contribution is 2.30. The smallest absolute Gasteiger partial charge is 0.410 e. The lowest BCUT2D eigenvalue weighted by Gasteiger charge is -2.45. The molecule has 0 aromatic heterocycles. The molecule has 1 atom stereocenters. The Labute approximate surface area is 142 Å². The first-order chi connectivity index (χ1) is 10.8. The maximum absolute atomic E-state index is 12.3. The van der Waals surface area contributed by atoms with E-state index in [2.05, 4.69) is 0 Å². The second-order valence-corrected chi connectivity index (χ2v) is 7.98. The number of carbonyl (C=O) groups is 3. The number of ether oxygens (including phenoxy) is 1. The number of carboxylic acids is 1. The van der Waals surface area contributed by atoms with Crippen molar-refractivity contribution >= 4 is 18.5 Å². The van der Waals surface area contributed by atoms with Crippen LogP contribution in [-0.2, 0) is 19.2 Å². The van der Waals surface area contributed by atoms with Gasteiger partial charge in [0.15, 0.2) is 5.54 Å². The molecule has 0 spiro atoms. The molecule has 8 nitrogen and oxygen atoms in total. The van der Waals surface area contributed by atoms with Gasteiger partial charge in [-0.2, -0.15) is 0 Å². The zero-order chi connectivity index (χ0) is 18.8. The van der Waals surface area contributed by atoms with E-state index < -0.39 is 28.8 Å². The quantitative estimate of drug-likeness (QED) is 0.619. The molecule has 1 heterocycles. The summed E-state index contributed by atoms with van der Waals surface area (Å²) in [4.78, 5) is 42.6. The van der Waals surface area contributed by atoms with Gasteiger partial charge in [-0.05, 0) is 54.4 Å². The summed E-state index contributed by atoms with van der Waals surface area (Å²) in [7, 11) is 0. The van der Waals surface area contributed by atoms with Crippen LogP contribution in [0.15, 0.2) is 0 Å². The largest absolute Gasteiger partial charge is 0.479 e. The summed E-state index contributed by atoms with van der Waals surface area (Å²) in [6, 6.07) is 0. The van der Waals surface area contributed by atoms with E-state index in [-0.39, 0.29) is 13.0 Å². The van der Waals surface area contributed by atoms with E-state index in [1.54, 1.807) is 41.5 Å². The first-order valence-electron chi connectivity index (χ1n) is 7.96. The number of amides is 2. The van der Waals surface area contributed by atoms with Crippen molar-refractivity contribution in [1.82, 2.24) is 9.96 Å². The van der Waals surface area contributed by atoms with Gasteiger partial charge in [-0.15, -0.1) is 0 Å². The van der Waals surface area contributed by atoms with Crippen LogP contribution in [0.1, 0.15) is 54.4 Å². The predicted molar refractivity (Wildman–Crippen MR) is 86.1 cm³/mol. The van der Waals surface area contributed by atoms with Gasteiger partial charge in [0, 0.05) is 6.54 Å². The molecule has 0 bridgehead atoms. The first kappa shape index (κ1) is 20.2. The minimum absolute atomic E-state index is 0.188. The standard InChI is InChI=1S/C16H28N2O6/c1-14(2,3)23-13(22)17-9-7-8-16(10-17,12(20)21)18(11-19)24-15(4,5)6/h11H,7-10H2,1-6H3,(H,20,21). The molecular formula is C16H28N2O6. The number of carboxylic acid groups (broad SMARTS) is 1. The molecule has 138 valence electrons. The number of nitrogens with zero attached hydrogens (tertiary/aromatic N) is 2. The van der Waals surface area contributed by atoms with Gasteiger partial charge in [-0.3, -0.25) is 9.63 Å². The molecule has 1 saturated heterocycles. The number of carbonyl (C=O) groups excluding carboxylic acids is 2. The summed E-state index contributed by atoms with van der Waals surface area (Å²) in [6.07, 6.45) is 0.368. The molecule has 0 aromatic carbocycles. The number of hydrogen-bond donors (Lipinski definition) is 1. The van der Waals surface area contributed by atoms with Crippen molar-refractivity contribution in [3.05, 3.63) is 0 Å². The molecular weight excluding hydrogens is 316 g/mol. The molecule has 2 amide bonds. The Bertz CT molecular complexity index is 494. The van der Waals surface area contributed by atoms with E-state index in [4.69, 9.17) is 9.57 Å². The van der Waals surface area contributed by atoms with Crippen molar-refractivity contribution in [3.63, 3.8) is 0 Å². The zero-order valence-electron chi connectivity index (χ0n) is 15.3. The van der Waals surface area contributed by atoms with E-state index in [0.717, 1.165) is 5.06 Å². The van der Waals surface area contributed by atoms with Gasteiger partial charge in [0.2, 0.25) is 6.41 Å². The SMILES string of the molecule is CC(C)(C)OC(=O)N1CCCC(C(=O)O)(N(C=O)OC(C)(C)C)C1. The highest BCUT2D eigenvalue weighted by Gasteiger charge is 2.51. The molecule has 1 N–H and O–H groups in total. The minimum Gasteiger partial charge on any atom is -0.479 e. The molecule has 1 fully saturated rings. The molecule has 8 heteroatoms. The number of hydroxylamine groups is 2. The van der Waals surface area contributed by atoms with Crippen LogP contribution in [0.3, 0.4) is 0 Å². The predicted octanol–water partition coefficient (Wildman–Crippen LogP) is 2.03. The summed E-state index contributed by atoms with van der Waals surface area (Å²) < 4.78 is 5.31. The van der Waals surface area contributed by atoms with Gasteiger partial charge < -0.3 is 14.7 Å². The number of hydrogen-bond acceptors (Lipinski definition) is 5. The summed E-state index contributed by atoms with van der Waals surface area (Å²) in [5, 5.41) is 10.6. The van der Waals surface area contributed by atoms with Crippen molar-refractivity contribution in [3.8, 4) is 0 Å². The van der Waals surface area contributed by atoms with Crippen LogP contribution in [-0.4, -0.2) is 63.4 Å². The summed E-state index contributed by atoms with van der Waals surface area (Å²) in [5.74, 6) is -1.22. The van der Waals surface area contributed by atoms with Gasteiger partial charge in [0.1, 0.15) is 5.60 Å². The van der Waals surface area contributed by atoms with Crippen molar-refractivity contribution in [2.45, 2.75) is 71.1 Å². The normalized spacial score (nSPS) is 22.0. The third-order valence-electron chi connectivity index (χ3n) is 3.41. The molecule has 1 aliphatic heterocycles. The van der Waals surface area contributed by atoms with Crippen LogP contribution in [0.25, 0.3) is 0 Å².